The Bertz CT molecular complexity index is 476. The molecule has 0 radical (unpaired) electrons. The van der Waals surface area contributed by atoms with Crippen LogP contribution in [0.25, 0.3) is 0 Å². The first-order valence-corrected chi connectivity index (χ1v) is 7.93. The van der Waals surface area contributed by atoms with Gasteiger partial charge < -0.3 is 15.8 Å². The first-order valence-electron chi connectivity index (χ1n) is 7.05. The van der Waals surface area contributed by atoms with Crippen molar-refractivity contribution >= 4 is 23.2 Å². The standard InChI is InChI=1S/C14H23N3O3S/c1-4-9(2)12(15)13(18)16-7-5-6-11-17-10(8-21-11)14(19)20-3/h8-9,12H,4-7,15H2,1-3H3,(H,16,18). The second kappa shape index (κ2) is 8.74. The van der Waals surface area contributed by atoms with Gasteiger partial charge in [0.05, 0.1) is 18.2 Å². The number of hydrogen-bond acceptors (Lipinski definition) is 6. The number of carbonyl (C=O) groups excluding carboxylic acids is 2. The molecule has 3 N–H and O–H groups in total. The molecule has 1 amide bonds. The molecule has 0 saturated heterocycles. The highest BCUT2D eigenvalue weighted by Crippen LogP contribution is 2.12. The lowest BCUT2D eigenvalue weighted by atomic mass is 9.99. The predicted molar refractivity (Wildman–Crippen MR) is 82.2 cm³/mol. The van der Waals surface area contributed by atoms with Crippen molar-refractivity contribution in [3.63, 3.8) is 0 Å². The summed E-state index contributed by atoms with van der Waals surface area (Å²) in [6.07, 6.45) is 2.34. The number of nitrogens with two attached hydrogens (primary N) is 1. The Morgan fingerprint density at radius 1 is 1.52 bits per heavy atom. The van der Waals surface area contributed by atoms with Crippen LogP contribution in [0.2, 0.25) is 0 Å². The van der Waals surface area contributed by atoms with Crippen molar-refractivity contribution in [1.29, 1.82) is 0 Å². The van der Waals surface area contributed by atoms with Gasteiger partial charge in [-0.05, 0) is 12.3 Å². The monoisotopic (exact) mass is 313 g/mol. The summed E-state index contributed by atoms with van der Waals surface area (Å²) in [4.78, 5) is 27.2. The SMILES string of the molecule is CCC(C)C(N)C(=O)NCCCc1nc(C(=O)OC)cs1. The number of ether oxygens (including phenoxy) is 1. The second-order valence-corrected chi connectivity index (χ2v) is 5.87. The maximum absolute atomic E-state index is 11.8. The molecule has 7 heteroatoms. The third kappa shape index (κ3) is 5.43. The highest BCUT2D eigenvalue weighted by Gasteiger charge is 2.18. The Hall–Kier alpha value is -1.47. The summed E-state index contributed by atoms with van der Waals surface area (Å²) in [7, 11) is 1.33. The van der Waals surface area contributed by atoms with Crippen LogP contribution in [0.5, 0.6) is 0 Å². The zero-order valence-electron chi connectivity index (χ0n) is 12.7. The van der Waals surface area contributed by atoms with Gasteiger partial charge in [0.2, 0.25) is 5.91 Å². The molecule has 1 heterocycles. The van der Waals surface area contributed by atoms with Crippen LogP contribution in [-0.2, 0) is 16.0 Å². The van der Waals surface area contributed by atoms with E-state index in [1.54, 1.807) is 5.38 Å². The van der Waals surface area contributed by atoms with Crippen LogP contribution in [0, 0.1) is 5.92 Å². The molecule has 0 aliphatic carbocycles. The molecule has 21 heavy (non-hydrogen) atoms. The van der Waals surface area contributed by atoms with E-state index in [2.05, 4.69) is 15.0 Å². The van der Waals surface area contributed by atoms with Crippen LogP contribution in [0.1, 0.15) is 42.2 Å². The molecule has 0 aromatic carbocycles. The van der Waals surface area contributed by atoms with Gasteiger partial charge >= 0.3 is 5.97 Å². The summed E-state index contributed by atoms with van der Waals surface area (Å²) < 4.78 is 4.60. The van der Waals surface area contributed by atoms with Gasteiger partial charge in [-0.25, -0.2) is 9.78 Å². The Kier molecular flexibility index (Phi) is 7.31. The van der Waals surface area contributed by atoms with Crippen LogP contribution in [0.15, 0.2) is 5.38 Å². The summed E-state index contributed by atoms with van der Waals surface area (Å²) in [5.74, 6) is -0.365. The van der Waals surface area contributed by atoms with Crippen molar-refractivity contribution in [2.75, 3.05) is 13.7 Å². The van der Waals surface area contributed by atoms with Gasteiger partial charge in [0.15, 0.2) is 5.69 Å². The van der Waals surface area contributed by atoms with Crippen LogP contribution in [0.3, 0.4) is 0 Å². The number of nitrogens with one attached hydrogen (secondary N) is 1. The summed E-state index contributed by atoms with van der Waals surface area (Å²) >= 11 is 1.42. The highest BCUT2D eigenvalue weighted by atomic mass is 32.1. The van der Waals surface area contributed by atoms with Gasteiger partial charge in [-0.15, -0.1) is 11.3 Å². The van der Waals surface area contributed by atoms with Crippen molar-refractivity contribution in [2.24, 2.45) is 11.7 Å². The number of nitrogens with zero attached hydrogens (tertiary/aromatic N) is 1. The minimum absolute atomic E-state index is 0.112. The molecule has 0 aliphatic heterocycles. The van der Waals surface area contributed by atoms with Crippen LogP contribution in [-0.4, -0.2) is 36.6 Å². The molecular weight excluding hydrogens is 290 g/mol. The molecule has 1 aromatic heterocycles. The van der Waals surface area contributed by atoms with Crippen molar-refractivity contribution in [2.45, 2.75) is 39.2 Å². The van der Waals surface area contributed by atoms with E-state index in [1.165, 1.54) is 18.4 Å². The van der Waals surface area contributed by atoms with Gasteiger partial charge in [0.1, 0.15) is 0 Å². The average Bonchev–Trinajstić information content (AvgIpc) is 2.97. The van der Waals surface area contributed by atoms with E-state index < -0.39 is 12.0 Å². The smallest absolute Gasteiger partial charge is 0.357 e. The molecule has 2 unspecified atom stereocenters. The van der Waals surface area contributed by atoms with E-state index in [9.17, 15) is 9.59 Å². The number of amides is 1. The van der Waals surface area contributed by atoms with E-state index in [0.29, 0.717) is 18.7 Å². The van der Waals surface area contributed by atoms with Crippen molar-refractivity contribution in [3.8, 4) is 0 Å². The number of thiazole rings is 1. The lowest BCUT2D eigenvalue weighted by Gasteiger charge is -2.17. The number of aromatic nitrogens is 1. The average molecular weight is 313 g/mol. The minimum Gasteiger partial charge on any atom is -0.464 e. The molecular formula is C14H23N3O3S. The Morgan fingerprint density at radius 2 is 2.24 bits per heavy atom. The van der Waals surface area contributed by atoms with Crippen LogP contribution >= 0.6 is 11.3 Å². The van der Waals surface area contributed by atoms with Crippen LogP contribution < -0.4 is 11.1 Å². The number of esters is 1. The van der Waals surface area contributed by atoms with Gasteiger partial charge in [-0.3, -0.25) is 4.79 Å². The fourth-order valence-electron chi connectivity index (χ4n) is 1.71. The summed E-state index contributed by atoms with van der Waals surface area (Å²) in [6, 6.07) is -0.458. The lowest BCUT2D eigenvalue weighted by molar-refractivity contribution is -0.123. The second-order valence-electron chi connectivity index (χ2n) is 4.92. The fraction of sp³-hybridized carbons (Fsp3) is 0.643. The number of carbonyl (C=O) groups is 2. The largest absolute Gasteiger partial charge is 0.464 e. The van der Waals surface area contributed by atoms with E-state index in [4.69, 9.17) is 5.73 Å². The predicted octanol–water partition coefficient (Wildman–Crippen LogP) is 1.35. The van der Waals surface area contributed by atoms with E-state index in [-0.39, 0.29) is 11.8 Å². The molecule has 0 fully saturated rings. The fourth-order valence-corrected chi connectivity index (χ4v) is 2.52. The third-order valence-electron chi connectivity index (χ3n) is 3.37. The Labute approximate surface area is 129 Å². The molecule has 1 rings (SSSR count). The van der Waals surface area contributed by atoms with Crippen molar-refractivity contribution < 1.29 is 14.3 Å². The Morgan fingerprint density at radius 3 is 2.86 bits per heavy atom. The number of rotatable bonds is 8. The van der Waals surface area contributed by atoms with Crippen molar-refractivity contribution in [3.05, 3.63) is 16.1 Å². The minimum atomic E-state index is -0.458. The molecule has 0 saturated carbocycles. The molecule has 0 spiro atoms. The number of aryl methyl sites for hydroxylation is 1. The van der Waals surface area contributed by atoms with Gasteiger partial charge in [-0.2, -0.15) is 0 Å². The van der Waals surface area contributed by atoms with Crippen molar-refractivity contribution in [1.82, 2.24) is 10.3 Å². The van der Waals surface area contributed by atoms with E-state index >= 15 is 0 Å². The molecule has 6 nitrogen and oxygen atoms in total. The summed E-state index contributed by atoms with van der Waals surface area (Å²) in [5.41, 5.74) is 6.18. The van der Waals surface area contributed by atoms with Gasteiger partial charge in [-0.1, -0.05) is 20.3 Å². The normalized spacial score (nSPS) is 13.5. The van der Waals surface area contributed by atoms with Crippen LogP contribution in [0.4, 0.5) is 0 Å². The lowest BCUT2D eigenvalue weighted by Crippen LogP contribution is -2.44. The molecule has 1 aromatic rings. The maximum Gasteiger partial charge on any atom is 0.357 e. The quantitative estimate of drug-likeness (QED) is 0.558. The first kappa shape index (κ1) is 17.6. The highest BCUT2D eigenvalue weighted by molar-refractivity contribution is 7.09. The summed E-state index contributed by atoms with van der Waals surface area (Å²) in [6.45, 7) is 4.53. The molecule has 118 valence electrons. The van der Waals surface area contributed by atoms with Gasteiger partial charge in [0, 0.05) is 18.3 Å². The Balaban J connectivity index is 2.29. The topological polar surface area (TPSA) is 94.3 Å². The molecule has 0 aliphatic rings. The number of methoxy groups -OCH3 is 1. The molecule has 2 atom stereocenters. The first-order chi connectivity index (χ1) is 9.99. The number of hydrogen-bond donors (Lipinski definition) is 2. The van der Waals surface area contributed by atoms with Gasteiger partial charge in [0.25, 0.3) is 0 Å². The van der Waals surface area contributed by atoms with E-state index in [0.717, 1.165) is 17.8 Å². The van der Waals surface area contributed by atoms with E-state index in [1.807, 2.05) is 13.8 Å². The summed E-state index contributed by atoms with van der Waals surface area (Å²) in [5, 5.41) is 5.37. The molecule has 0 bridgehead atoms. The maximum atomic E-state index is 11.8. The zero-order chi connectivity index (χ0) is 15.8. The zero-order valence-corrected chi connectivity index (χ0v) is 13.5. The third-order valence-corrected chi connectivity index (χ3v) is 4.28.